The first kappa shape index (κ1) is 16.0. The minimum absolute atomic E-state index is 0.0658. The summed E-state index contributed by atoms with van der Waals surface area (Å²) < 4.78 is 51.9. The second-order valence-electron chi connectivity index (χ2n) is 4.92. The van der Waals surface area contributed by atoms with Gasteiger partial charge in [-0.15, -0.1) is 0 Å². The molecule has 0 fully saturated rings. The minimum atomic E-state index is -4.46. The molecule has 126 valence electrons. The highest BCUT2D eigenvalue weighted by atomic mass is 19.4. The molecule has 1 heterocycles. The molecule has 24 heavy (non-hydrogen) atoms. The Morgan fingerprint density at radius 2 is 1.88 bits per heavy atom. The zero-order valence-corrected chi connectivity index (χ0v) is 12.2. The number of anilines is 1. The lowest BCUT2D eigenvalue weighted by Crippen LogP contribution is -2.20. The number of alkyl halides is 3. The summed E-state index contributed by atoms with van der Waals surface area (Å²) in [6, 6.07) is 10.5. The van der Waals surface area contributed by atoms with Crippen molar-refractivity contribution in [2.24, 2.45) is 0 Å². The highest BCUT2D eigenvalue weighted by molar-refractivity contribution is 6.05. The van der Waals surface area contributed by atoms with E-state index in [1.54, 1.807) is 12.1 Å². The van der Waals surface area contributed by atoms with E-state index >= 15 is 0 Å². The first-order valence-corrected chi connectivity index (χ1v) is 6.92. The zero-order chi connectivity index (χ0) is 17.2. The number of ether oxygens (including phenoxy) is 3. The van der Waals surface area contributed by atoms with Gasteiger partial charge in [-0.05, 0) is 30.3 Å². The summed E-state index contributed by atoms with van der Waals surface area (Å²) in [4.78, 5) is 12.3. The lowest BCUT2D eigenvalue weighted by molar-refractivity contribution is -0.153. The molecule has 0 aromatic heterocycles. The summed E-state index contributed by atoms with van der Waals surface area (Å²) in [5.74, 6) is 0.394. The van der Waals surface area contributed by atoms with E-state index in [0.717, 1.165) is 0 Å². The number of amides is 1. The number of carbonyl (C=O) groups is 1. The summed E-state index contributed by atoms with van der Waals surface area (Å²) >= 11 is 0. The average Bonchev–Trinajstić information content (AvgIpc) is 3.00. The van der Waals surface area contributed by atoms with Gasteiger partial charge in [0.2, 0.25) is 6.79 Å². The fraction of sp³-hybridized carbons (Fsp3) is 0.188. The summed E-state index contributed by atoms with van der Waals surface area (Å²) in [5.41, 5.74) is 0.425. The number of para-hydroxylation sites is 2. The van der Waals surface area contributed by atoms with E-state index in [9.17, 15) is 18.0 Å². The molecule has 2 aromatic carbocycles. The number of benzene rings is 2. The van der Waals surface area contributed by atoms with Crippen molar-refractivity contribution in [2.75, 3.05) is 18.7 Å². The van der Waals surface area contributed by atoms with Crippen LogP contribution in [-0.4, -0.2) is 25.5 Å². The fourth-order valence-electron chi connectivity index (χ4n) is 2.09. The number of fused-ring (bicyclic) bond motifs is 1. The summed E-state index contributed by atoms with van der Waals surface area (Å²) in [6.07, 6.45) is -4.46. The molecule has 5 nitrogen and oxygen atoms in total. The monoisotopic (exact) mass is 339 g/mol. The van der Waals surface area contributed by atoms with E-state index in [2.05, 4.69) is 5.32 Å². The largest absolute Gasteiger partial charge is 0.482 e. The van der Waals surface area contributed by atoms with Crippen molar-refractivity contribution in [3.63, 3.8) is 0 Å². The molecular weight excluding hydrogens is 327 g/mol. The Morgan fingerprint density at radius 3 is 2.67 bits per heavy atom. The highest BCUT2D eigenvalue weighted by Gasteiger charge is 2.29. The summed E-state index contributed by atoms with van der Waals surface area (Å²) in [5, 5.41) is 2.53. The highest BCUT2D eigenvalue weighted by Crippen LogP contribution is 2.33. The molecule has 0 atom stereocenters. The van der Waals surface area contributed by atoms with Gasteiger partial charge in [-0.3, -0.25) is 4.79 Å². The molecular formula is C16H12F3NO4. The van der Waals surface area contributed by atoms with Crippen molar-refractivity contribution in [1.82, 2.24) is 0 Å². The van der Waals surface area contributed by atoms with Gasteiger partial charge in [-0.25, -0.2) is 0 Å². The average molecular weight is 339 g/mol. The van der Waals surface area contributed by atoms with Gasteiger partial charge < -0.3 is 19.5 Å². The molecule has 0 radical (unpaired) electrons. The van der Waals surface area contributed by atoms with E-state index in [-0.39, 0.29) is 23.8 Å². The Hall–Kier alpha value is -2.90. The molecule has 1 aliphatic heterocycles. The second kappa shape index (κ2) is 6.31. The molecule has 0 saturated heterocycles. The van der Waals surface area contributed by atoms with E-state index in [1.165, 1.54) is 30.3 Å². The van der Waals surface area contributed by atoms with Crippen LogP contribution in [0.2, 0.25) is 0 Å². The maximum atomic E-state index is 12.3. The number of hydrogen-bond acceptors (Lipinski definition) is 4. The molecule has 0 bridgehead atoms. The second-order valence-corrected chi connectivity index (χ2v) is 4.92. The van der Waals surface area contributed by atoms with Crippen LogP contribution in [0.25, 0.3) is 0 Å². The zero-order valence-electron chi connectivity index (χ0n) is 12.2. The van der Waals surface area contributed by atoms with Gasteiger partial charge in [0.25, 0.3) is 5.91 Å². The van der Waals surface area contributed by atoms with Gasteiger partial charge in [0, 0.05) is 5.56 Å². The first-order valence-electron chi connectivity index (χ1n) is 6.92. The maximum absolute atomic E-state index is 12.3. The Kier molecular flexibility index (Phi) is 4.20. The van der Waals surface area contributed by atoms with Crippen LogP contribution in [0.4, 0.5) is 18.9 Å². The van der Waals surface area contributed by atoms with Gasteiger partial charge in [0.1, 0.15) is 5.75 Å². The first-order chi connectivity index (χ1) is 11.4. The summed E-state index contributed by atoms with van der Waals surface area (Å²) in [7, 11) is 0. The van der Waals surface area contributed by atoms with E-state index in [4.69, 9.17) is 14.2 Å². The summed E-state index contributed by atoms with van der Waals surface area (Å²) in [6.45, 7) is -1.36. The normalized spacial score (nSPS) is 12.8. The third-order valence-corrected chi connectivity index (χ3v) is 3.16. The standard InChI is InChI=1S/C16H12F3NO4/c17-16(18,19)8-22-12-4-2-1-3-11(12)20-15(21)10-5-6-13-14(7-10)24-9-23-13/h1-7H,8-9H2,(H,20,21). The number of rotatable bonds is 4. The van der Waals surface area contributed by atoms with Crippen LogP contribution in [-0.2, 0) is 0 Å². The van der Waals surface area contributed by atoms with Crippen molar-refractivity contribution in [2.45, 2.75) is 6.18 Å². The molecule has 0 saturated carbocycles. The van der Waals surface area contributed by atoms with Crippen LogP contribution in [0.5, 0.6) is 17.2 Å². The van der Waals surface area contributed by atoms with Crippen molar-refractivity contribution in [3.8, 4) is 17.2 Å². The van der Waals surface area contributed by atoms with Crippen LogP contribution in [0.15, 0.2) is 42.5 Å². The smallest absolute Gasteiger partial charge is 0.422 e. The fourth-order valence-corrected chi connectivity index (χ4v) is 2.09. The van der Waals surface area contributed by atoms with E-state index in [1.807, 2.05) is 0 Å². The number of halogens is 3. The predicted octanol–water partition coefficient (Wildman–Crippen LogP) is 3.61. The molecule has 1 amide bonds. The lowest BCUT2D eigenvalue weighted by Gasteiger charge is -2.13. The quantitative estimate of drug-likeness (QED) is 0.925. The van der Waals surface area contributed by atoms with E-state index in [0.29, 0.717) is 11.5 Å². The molecule has 1 N–H and O–H groups in total. The molecule has 2 aromatic rings. The molecule has 3 rings (SSSR count). The van der Waals surface area contributed by atoms with Crippen molar-refractivity contribution in [1.29, 1.82) is 0 Å². The molecule has 0 aliphatic carbocycles. The molecule has 8 heteroatoms. The van der Waals surface area contributed by atoms with Crippen molar-refractivity contribution < 1.29 is 32.2 Å². The Bertz CT molecular complexity index is 761. The topological polar surface area (TPSA) is 56.8 Å². The van der Waals surface area contributed by atoms with Gasteiger partial charge in [0.05, 0.1) is 5.69 Å². The van der Waals surface area contributed by atoms with Crippen LogP contribution in [0.1, 0.15) is 10.4 Å². The van der Waals surface area contributed by atoms with Crippen molar-refractivity contribution >= 4 is 11.6 Å². The lowest BCUT2D eigenvalue weighted by atomic mass is 10.2. The third-order valence-electron chi connectivity index (χ3n) is 3.16. The van der Waals surface area contributed by atoms with Crippen LogP contribution < -0.4 is 19.5 Å². The predicted molar refractivity (Wildman–Crippen MR) is 78.5 cm³/mol. The van der Waals surface area contributed by atoms with Crippen molar-refractivity contribution in [3.05, 3.63) is 48.0 Å². The Labute approximate surface area is 134 Å². The van der Waals surface area contributed by atoms with Crippen LogP contribution in [0.3, 0.4) is 0 Å². The number of hydrogen-bond donors (Lipinski definition) is 1. The van der Waals surface area contributed by atoms with Crippen LogP contribution >= 0.6 is 0 Å². The minimum Gasteiger partial charge on any atom is -0.482 e. The molecule has 0 unspecified atom stereocenters. The number of carbonyl (C=O) groups excluding carboxylic acids is 1. The van der Waals surface area contributed by atoms with Crippen LogP contribution in [0, 0.1) is 0 Å². The Balaban J connectivity index is 1.75. The SMILES string of the molecule is O=C(Nc1ccccc1OCC(F)(F)F)c1ccc2c(c1)OCO2. The molecule has 0 spiro atoms. The Morgan fingerprint density at radius 1 is 1.12 bits per heavy atom. The molecule has 1 aliphatic rings. The third kappa shape index (κ3) is 3.70. The van der Waals surface area contributed by atoms with Gasteiger partial charge in [0.15, 0.2) is 18.1 Å². The van der Waals surface area contributed by atoms with Gasteiger partial charge in [-0.1, -0.05) is 12.1 Å². The van der Waals surface area contributed by atoms with Gasteiger partial charge in [-0.2, -0.15) is 13.2 Å². The number of nitrogens with one attached hydrogen (secondary N) is 1. The maximum Gasteiger partial charge on any atom is 0.422 e. The van der Waals surface area contributed by atoms with Gasteiger partial charge >= 0.3 is 6.18 Å². The van der Waals surface area contributed by atoms with E-state index < -0.39 is 18.7 Å².